The van der Waals surface area contributed by atoms with Crippen molar-refractivity contribution < 1.29 is 14.3 Å². The molecule has 0 saturated carbocycles. The van der Waals surface area contributed by atoms with Crippen molar-refractivity contribution in [2.45, 2.75) is 19.2 Å². The number of carbonyl (C=O) groups excluding carboxylic acids is 1. The maximum absolute atomic E-state index is 12.3. The third-order valence-electron chi connectivity index (χ3n) is 1.67. The topological polar surface area (TPSA) is 37.3 Å². The summed E-state index contributed by atoms with van der Waals surface area (Å²) in [4.78, 5) is 9.81. The quantitative estimate of drug-likeness (QED) is 0.656. The SMILES string of the molecule is CC(C)C(Cl)C=O.Oc1ccc(F)c(Cl)c1. The summed E-state index contributed by atoms with van der Waals surface area (Å²) in [5.41, 5.74) is 0. The van der Waals surface area contributed by atoms with Gasteiger partial charge in [0, 0.05) is 6.07 Å². The predicted octanol–water partition coefficient (Wildman–Crippen LogP) is 3.63. The summed E-state index contributed by atoms with van der Waals surface area (Å²) in [5, 5.41) is 8.32. The van der Waals surface area contributed by atoms with Crippen molar-refractivity contribution in [2.24, 2.45) is 5.92 Å². The molecule has 0 spiro atoms. The lowest BCUT2D eigenvalue weighted by Crippen LogP contribution is -2.07. The number of aromatic hydroxyl groups is 1. The summed E-state index contributed by atoms with van der Waals surface area (Å²) in [6, 6.07) is 3.50. The van der Waals surface area contributed by atoms with Gasteiger partial charge in [0.05, 0.1) is 10.4 Å². The number of rotatable bonds is 2. The van der Waals surface area contributed by atoms with Gasteiger partial charge in [0.1, 0.15) is 17.9 Å². The average Bonchev–Trinajstić information content (AvgIpc) is 2.23. The Balaban J connectivity index is 0.000000293. The monoisotopic (exact) mass is 266 g/mol. The van der Waals surface area contributed by atoms with E-state index in [0.29, 0.717) is 0 Å². The van der Waals surface area contributed by atoms with Crippen molar-refractivity contribution in [2.75, 3.05) is 0 Å². The van der Waals surface area contributed by atoms with Crippen LogP contribution in [0, 0.1) is 11.7 Å². The Morgan fingerprint density at radius 1 is 1.44 bits per heavy atom. The fourth-order valence-electron chi connectivity index (χ4n) is 0.642. The maximum Gasteiger partial charge on any atom is 0.142 e. The van der Waals surface area contributed by atoms with E-state index in [9.17, 15) is 9.18 Å². The molecule has 0 saturated heterocycles. The van der Waals surface area contributed by atoms with Crippen LogP contribution < -0.4 is 0 Å². The van der Waals surface area contributed by atoms with Crippen molar-refractivity contribution in [3.8, 4) is 5.75 Å². The van der Waals surface area contributed by atoms with Crippen LogP contribution in [-0.4, -0.2) is 16.8 Å². The number of phenolic OH excluding ortho intramolecular Hbond substituents is 1. The molecule has 2 nitrogen and oxygen atoms in total. The van der Waals surface area contributed by atoms with Crippen molar-refractivity contribution in [3.63, 3.8) is 0 Å². The number of hydrogen-bond acceptors (Lipinski definition) is 2. The van der Waals surface area contributed by atoms with E-state index in [1.807, 2.05) is 13.8 Å². The van der Waals surface area contributed by atoms with Crippen LogP contribution in [0.4, 0.5) is 4.39 Å². The highest BCUT2D eigenvalue weighted by Crippen LogP contribution is 2.19. The van der Waals surface area contributed by atoms with Crippen LogP contribution >= 0.6 is 23.2 Å². The zero-order valence-electron chi connectivity index (χ0n) is 8.95. The van der Waals surface area contributed by atoms with Crippen LogP contribution in [0.5, 0.6) is 5.75 Å². The van der Waals surface area contributed by atoms with E-state index in [2.05, 4.69) is 0 Å². The number of hydrogen-bond donors (Lipinski definition) is 1. The fourth-order valence-corrected chi connectivity index (χ4v) is 0.817. The molecule has 0 aliphatic heterocycles. The molecule has 1 N–H and O–H groups in total. The first-order valence-corrected chi connectivity index (χ1v) is 5.43. The molecule has 1 rings (SSSR count). The molecule has 1 atom stereocenters. The Bertz CT molecular complexity index is 343. The molecule has 0 fully saturated rings. The number of phenols is 1. The molecular formula is C11H13Cl2FO2. The van der Waals surface area contributed by atoms with Gasteiger partial charge in [0.15, 0.2) is 0 Å². The van der Waals surface area contributed by atoms with E-state index in [4.69, 9.17) is 28.3 Å². The first-order valence-electron chi connectivity index (χ1n) is 4.61. The second kappa shape index (κ2) is 7.47. The number of halogens is 3. The molecule has 0 radical (unpaired) electrons. The molecule has 1 unspecified atom stereocenters. The van der Waals surface area contributed by atoms with Crippen molar-refractivity contribution in [3.05, 3.63) is 29.0 Å². The molecule has 1 aromatic carbocycles. The minimum Gasteiger partial charge on any atom is -0.508 e. The molecule has 1 aromatic rings. The second-order valence-corrected chi connectivity index (χ2v) is 4.33. The van der Waals surface area contributed by atoms with Crippen LogP contribution in [0.15, 0.2) is 18.2 Å². The molecule has 0 amide bonds. The summed E-state index contributed by atoms with van der Waals surface area (Å²) in [6.45, 7) is 3.82. The van der Waals surface area contributed by atoms with E-state index in [0.717, 1.165) is 18.4 Å². The van der Waals surface area contributed by atoms with E-state index >= 15 is 0 Å². The van der Waals surface area contributed by atoms with Crippen LogP contribution in [0.25, 0.3) is 0 Å². The van der Waals surface area contributed by atoms with E-state index in [-0.39, 0.29) is 22.1 Å². The van der Waals surface area contributed by atoms with Crippen molar-refractivity contribution in [1.82, 2.24) is 0 Å². The average molecular weight is 267 g/mol. The molecular weight excluding hydrogens is 254 g/mol. The smallest absolute Gasteiger partial charge is 0.142 e. The van der Waals surface area contributed by atoms with Crippen molar-refractivity contribution in [1.29, 1.82) is 0 Å². The highest BCUT2D eigenvalue weighted by molar-refractivity contribution is 6.30. The summed E-state index contributed by atoms with van der Waals surface area (Å²) >= 11 is 10.7. The summed E-state index contributed by atoms with van der Waals surface area (Å²) in [6.07, 6.45) is 0.756. The van der Waals surface area contributed by atoms with Gasteiger partial charge in [0.25, 0.3) is 0 Å². The third kappa shape index (κ3) is 5.93. The Labute approximate surface area is 104 Å². The van der Waals surface area contributed by atoms with Gasteiger partial charge in [-0.05, 0) is 18.1 Å². The molecule has 16 heavy (non-hydrogen) atoms. The van der Waals surface area contributed by atoms with Crippen molar-refractivity contribution >= 4 is 29.5 Å². The molecule has 90 valence electrons. The fraction of sp³-hybridized carbons (Fsp3) is 0.364. The Morgan fingerprint density at radius 3 is 2.25 bits per heavy atom. The lowest BCUT2D eigenvalue weighted by atomic mass is 10.1. The normalized spacial score (nSPS) is 11.6. The van der Waals surface area contributed by atoms with Gasteiger partial charge in [-0.2, -0.15) is 0 Å². The summed E-state index contributed by atoms with van der Waals surface area (Å²) in [7, 11) is 0. The molecule has 0 aliphatic carbocycles. The minimum atomic E-state index is -0.519. The van der Waals surface area contributed by atoms with E-state index in [1.165, 1.54) is 6.07 Å². The highest BCUT2D eigenvalue weighted by atomic mass is 35.5. The number of aldehydes is 1. The van der Waals surface area contributed by atoms with Crippen LogP contribution in [0.1, 0.15) is 13.8 Å². The minimum absolute atomic E-state index is 0.0265. The molecule has 0 bridgehead atoms. The van der Waals surface area contributed by atoms with Gasteiger partial charge < -0.3 is 9.90 Å². The number of alkyl halides is 1. The van der Waals surface area contributed by atoms with E-state index in [1.54, 1.807) is 0 Å². The summed E-state index contributed by atoms with van der Waals surface area (Å²) in [5.74, 6) is -0.282. The number of carbonyl (C=O) groups is 1. The Kier molecular flexibility index (Phi) is 7.10. The second-order valence-electron chi connectivity index (χ2n) is 3.42. The third-order valence-corrected chi connectivity index (χ3v) is 2.57. The van der Waals surface area contributed by atoms with Gasteiger partial charge in [-0.15, -0.1) is 11.6 Å². The van der Waals surface area contributed by atoms with Gasteiger partial charge in [-0.25, -0.2) is 4.39 Å². The molecule has 5 heteroatoms. The number of benzene rings is 1. The van der Waals surface area contributed by atoms with Crippen LogP contribution in [0.3, 0.4) is 0 Å². The first kappa shape index (κ1) is 15.2. The predicted molar refractivity (Wildman–Crippen MR) is 63.6 cm³/mol. The van der Waals surface area contributed by atoms with Gasteiger partial charge >= 0.3 is 0 Å². The lowest BCUT2D eigenvalue weighted by molar-refractivity contribution is -0.108. The molecule has 0 aromatic heterocycles. The zero-order valence-corrected chi connectivity index (χ0v) is 10.5. The van der Waals surface area contributed by atoms with E-state index < -0.39 is 5.82 Å². The lowest BCUT2D eigenvalue weighted by Gasteiger charge is -2.01. The largest absolute Gasteiger partial charge is 0.508 e. The standard InChI is InChI=1S/C6H4ClFO.C5H9ClO/c7-5-3-4(9)1-2-6(5)8;1-4(2)5(6)3-7/h1-3,9H;3-5H,1-2H3. The first-order chi connectivity index (χ1) is 7.38. The zero-order chi connectivity index (χ0) is 12.7. The van der Waals surface area contributed by atoms with Crippen LogP contribution in [0.2, 0.25) is 5.02 Å². The molecule has 0 aliphatic rings. The summed E-state index contributed by atoms with van der Waals surface area (Å²) < 4.78 is 12.3. The van der Waals surface area contributed by atoms with Gasteiger partial charge in [-0.1, -0.05) is 25.4 Å². The highest BCUT2D eigenvalue weighted by Gasteiger charge is 2.05. The van der Waals surface area contributed by atoms with Crippen LogP contribution in [-0.2, 0) is 4.79 Å². The Hall–Kier alpha value is -0.800. The van der Waals surface area contributed by atoms with Gasteiger partial charge in [-0.3, -0.25) is 0 Å². The maximum atomic E-state index is 12.3. The Morgan fingerprint density at radius 2 is 2.00 bits per heavy atom. The van der Waals surface area contributed by atoms with Gasteiger partial charge in [0.2, 0.25) is 0 Å². The molecule has 0 heterocycles.